The van der Waals surface area contributed by atoms with Crippen molar-refractivity contribution in [2.24, 2.45) is 0 Å². The molecule has 12 heavy (non-hydrogen) atoms. The Morgan fingerprint density at radius 1 is 1.75 bits per heavy atom. The number of aromatic nitrogens is 3. The lowest BCUT2D eigenvalue weighted by atomic mass is 9.89. The van der Waals surface area contributed by atoms with Crippen LogP contribution in [0, 0.1) is 4.77 Å². The highest BCUT2D eigenvalue weighted by atomic mass is 32.1. The highest BCUT2D eigenvalue weighted by Crippen LogP contribution is 2.33. The molecule has 1 heterocycles. The van der Waals surface area contributed by atoms with Gasteiger partial charge in [-0.25, -0.2) is 0 Å². The van der Waals surface area contributed by atoms with Crippen LogP contribution in [0.3, 0.4) is 0 Å². The number of nitrogens with one attached hydrogen (secondary N) is 1. The normalized spacial score (nSPS) is 28.4. The first-order chi connectivity index (χ1) is 5.81. The van der Waals surface area contributed by atoms with Gasteiger partial charge in [-0.2, -0.15) is 5.10 Å². The fourth-order valence-corrected chi connectivity index (χ4v) is 1.72. The molecule has 0 saturated heterocycles. The molecule has 0 spiro atoms. The lowest BCUT2D eigenvalue weighted by Gasteiger charge is -2.34. The zero-order chi connectivity index (χ0) is 8.55. The van der Waals surface area contributed by atoms with E-state index in [1.54, 1.807) is 13.4 Å². The van der Waals surface area contributed by atoms with Crippen molar-refractivity contribution in [1.29, 1.82) is 0 Å². The number of H-pyrrole nitrogens is 1. The number of ether oxygens (including phenoxy) is 1. The minimum atomic E-state index is 0.409. The molecule has 1 aromatic heterocycles. The SMILES string of the molecule is COC1CC(n2cn[nH]c2=S)C1. The average molecular weight is 185 g/mol. The van der Waals surface area contributed by atoms with Crippen molar-refractivity contribution < 1.29 is 4.74 Å². The van der Waals surface area contributed by atoms with Gasteiger partial charge < -0.3 is 9.30 Å². The fourth-order valence-electron chi connectivity index (χ4n) is 1.47. The van der Waals surface area contributed by atoms with Crippen molar-refractivity contribution in [2.45, 2.75) is 25.0 Å². The zero-order valence-corrected chi connectivity index (χ0v) is 7.67. The summed E-state index contributed by atoms with van der Waals surface area (Å²) in [6, 6.07) is 0.487. The van der Waals surface area contributed by atoms with Crippen LogP contribution >= 0.6 is 12.2 Å². The summed E-state index contributed by atoms with van der Waals surface area (Å²) in [7, 11) is 1.75. The van der Waals surface area contributed by atoms with Gasteiger partial charge in [0.2, 0.25) is 0 Å². The van der Waals surface area contributed by atoms with E-state index in [9.17, 15) is 0 Å². The summed E-state index contributed by atoms with van der Waals surface area (Å²) in [5.74, 6) is 0. The maximum Gasteiger partial charge on any atom is 0.195 e. The van der Waals surface area contributed by atoms with Gasteiger partial charge in [0.1, 0.15) is 6.33 Å². The first-order valence-corrected chi connectivity index (χ1v) is 4.36. The largest absolute Gasteiger partial charge is 0.381 e. The number of rotatable bonds is 2. The minimum absolute atomic E-state index is 0.409. The molecule has 0 aliphatic heterocycles. The lowest BCUT2D eigenvalue weighted by molar-refractivity contribution is 0.00569. The summed E-state index contributed by atoms with van der Waals surface area (Å²) >= 11 is 5.04. The molecule has 0 radical (unpaired) electrons. The molecule has 1 saturated carbocycles. The Balaban J connectivity index is 2.06. The molecule has 0 atom stereocenters. The Morgan fingerprint density at radius 3 is 3.00 bits per heavy atom. The molecule has 0 unspecified atom stereocenters. The second kappa shape index (κ2) is 2.99. The summed E-state index contributed by atoms with van der Waals surface area (Å²) in [5.41, 5.74) is 0. The van der Waals surface area contributed by atoms with Gasteiger partial charge in [0.15, 0.2) is 4.77 Å². The van der Waals surface area contributed by atoms with Gasteiger partial charge >= 0.3 is 0 Å². The summed E-state index contributed by atoms with van der Waals surface area (Å²) < 4.78 is 7.87. The van der Waals surface area contributed by atoms with E-state index in [0.29, 0.717) is 16.9 Å². The van der Waals surface area contributed by atoms with E-state index in [1.165, 1.54) is 0 Å². The van der Waals surface area contributed by atoms with Crippen LogP contribution in [0.2, 0.25) is 0 Å². The second-order valence-electron chi connectivity index (χ2n) is 3.05. The van der Waals surface area contributed by atoms with Crippen molar-refractivity contribution in [2.75, 3.05) is 7.11 Å². The highest BCUT2D eigenvalue weighted by Gasteiger charge is 2.30. The molecule has 1 fully saturated rings. The van der Waals surface area contributed by atoms with E-state index in [1.807, 2.05) is 4.57 Å². The molecule has 1 aromatic rings. The van der Waals surface area contributed by atoms with Crippen LogP contribution in [-0.4, -0.2) is 28.0 Å². The standard InChI is InChI=1S/C7H11N3OS/c1-11-6-2-5(3-6)10-4-8-9-7(10)12/h4-6H,2-3H2,1H3,(H,9,12). The topological polar surface area (TPSA) is 42.8 Å². The molecular weight excluding hydrogens is 174 g/mol. The second-order valence-corrected chi connectivity index (χ2v) is 3.44. The van der Waals surface area contributed by atoms with Crippen LogP contribution in [0.4, 0.5) is 0 Å². The third-order valence-corrected chi connectivity index (χ3v) is 2.68. The van der Waals surface area contributed by atoms with E-state index in [4.69, 9.17) is 17.0 Å². The molecule has 1 aliphatic carbocycles. The van der Waals surface area contributed by atoms with Gasteiger partial charge in [-0.3, -0.25) is 5.10 Å². The molecule has 1 N–H and O–H groups in total. The van der Waals surface area contributed by atoms with Gasteiger partial charge in [0, 0.05) is 13.2 Å². The monoisotopic (exact) mass is 185 g/mol. The van der Waals surface area contributed by atoms with E-state index < -0.39 is 0 Å². The Hall–Kier alpha value is -0.680. The maximum atomic E-state index is 5.18. The first kappa shape index (κ1) is 7.94. The third-order valence-electron chi connectivity index (χ3n) is 2.37. The van der Waals surface area contributed by atoms with Crippen molar-refractivity contribution >= 4 is 12.2 Å². The van der Waals surface area contributed by atoms with Gasteiger partial charge in [-0.05, 0) is 25.1 Å². The van der Waals surface area contributed by atoms with Crippen LogP contribution < -0.4 is 0 Å². The van der Waals surface area contributed by atoms with E-state index >= 15 is 0 Å². The lowest BCUT2D eigenvalue weighted by Crippen LogP contribution is -2.32. The smallest absolute Gasteiger partial charge is 0.195 e. The van der Waals surface area contributed by atoms with Gasteiger partial charge in [-0.1, -0.05) is 0 Å². The molecule has 5 heteroatoms. The van der Waals surface area contributed by atoms with Crippen molar-refractivity contribution in [3.8, 4) is 0 Å². The van der Waals surface area contributed by atoms with Crippen molar-refractivity contribution in [3.05, 3.63) is 11.1 Å². The van der Waals surface area contributed by atoms with Crippen LogP contribution in [0.5, 0.6) is 0 Å². The third kappa shape index (κ3) is 1.19. The predicted octanol–water partition coefficient (Wildman–Crippen LogP) is 1.29. The number of hydrogen-bond donors (Lipinski definition) is 1. The Kier molecular flexibility index (Phi) is 1.98. The average Bonchev–Trinajstić information content (AvgIpc) is 2.35. The predicted molar refractivity (Wildman–Crippen MR) is 46.5 cm³/mol. The molecule has 2 rings (SSSR count). The van der Waals surface area contributed by atoms with Crippen molar-refractivity contribution in [1.82, 2.24) is 14.8 Å². The van der Waals surface area contributed by atoms with Crippen LogP contribution in [-0.2, 0) is 4.74 Å². The molecule has 1 aliphatic rings. The maximum absolute atomic E-state index is 5.18. The summed E-state index contributed by atoms with van der Waals surface area (Å²) in [6.45, 7) is 0. The van der Waals surface area contributed by atoms with Gasteiger partial charge in [-0.15, -0.1) is 0 Å². The molecule has 0 aromatic carbocycles. The molecule has 4 nitrogen and oxygen atoms in total. The molecular formula is C7H11N3OS. The Morgan fingerprint density at radius 2 is 2.50 bits per heavy atom. The zero-order valence-electron chi connectivity index (χ0n) is 6.86. The number of hydrogen-bond acceptors (Lipinski definition) is 3. The number of nitrogens with zero attached hydrogens (tertiary/aromatic N) is 2. The molecule has 66 valence electrons. The fraction of sp³-hybridized carbons (Fsp3) is 0.714. The van der Waals surface area contributed by atoms with Crippen molar-refractivity contribution in [3.63, 3.8) is 0 Å². The summed E-state index contributed by atoms with van der Waals surface area (Å²) in [4.78, 5) is 0. The van der Waals surface area contributed by atoms with Crippen LogP contribution in [0.25, 0.3) is 0 Å². The van der Waals surface area contributed by atoms with Crippen LogP contribution in [0.15, 0.2) is 6.33 Å². The van der Waals surface area contributed by atoms with Gasteiger partial charge in [0.05, 0.1) is 6.10 Å². The number of aromatic amines is 1. The summed E-state index contributed by atoms with van der Waals surface area (Å²) in [5, 5.41) is 6.61. The molecule has 0 bridgehead atoms. The number of methoxy groups -OCH3 is 1. The highest BCUT2D eigenvalue weighted by molar-refractivity contribution is 7.71. The Labute approximate surface area is 75.5 Å². The van der Waals surface area contributed by atoms with Gasteiger partial charge in [0.25, 0.3) is 0 Å². The molecule has 0 amide bonds. The van der Waals surface area contributed by atoms with E-state index in [2.05, 4.69) is 10.2 Å². The van der Waals surface area contributed by atoms with Crippen LogP contribution in [0.1, 0.15) is 18.9 Å². The summed E-state index contributed by atoms with van der Waals surface area (Å²) in [6.07, 6.45) is 4.25. The minimum Gasteiger partial charge on any atom is -0.381 e. The van der Waals surface area contributed by atoms with E-state index in [0.717, 1.165) is 12.8 Å². The quantitative estimate of drug-likeness (QED) is 0.706. The first-order valence-electron chi connectivity index (χ1n) is 3.95. The Bertz CT molecular complexity index is 312. The van der Waals surface area contributed by atoms with E-state index in [-0.39, 0.29) is 0 Å².